The first-order chi connectivity index (χ1) is 18.3. The SMILES string of the molecule is Clc1nc(-c2ccc(-c3ccccc3)cc2)nc(-c2cccc3oc4ccccc4c23)n1.[B]1CCOO1. The van der Waals surface area contributed by atoms with Crippen molar-refractivity contribution < 1.29 is 14.1 Å². The molecule has 4 aromatic carbocycles. The molecule has 0 unspecified atom stereocenters. The Balaban J connectivity index is 0.000000453. The summed E-state index contributed by atoms with van der Waals surface area (Å²) in [7, 11) is 1.64. The number of aromatic nitrogens is 3. The highest BCUT2D eigenvalue weighted by atomic mass is 35.5. The van der Waals surface area contributed by atoms with Crippen LogP contribution in [0.15, 0.2) is 101 Å². The van der Waals surface area contributed by atoms with E-state index in [0.29, 0.717) is 11.6 Å². The lowest BCUT2D eigenvalue weighted by Gasteiger charge is -2.07. The van der Waals surface area contributed by atoms with E-state index in [1.807, 2.05) is 72.8 Å². The van der Waals surface area contributed by atoms with Crippen LogP contribution >= 0.6 is 11.6 Å². The van der Waals surface area contributed by atoms with Gasteiger partial charge >= 0.3 is 7.48 Å². The molecule has 8 heteroatoms. The second-order valence-corrected chi connectivity index (χ2v) is 8.68. The number of furan rings is 1. The van der Waals surface area contributed by atoms with Crippen LogP contribution in [0, 0.1) is 0 Å². The minimum atomic E-state index is 0.155. The molecule has 6 aromatic rings. The summed E-state index contributed by atoms with van der Waals surface area (Å²) in [5.41, 5.74) is 5.63. The summed E-state index contributed by atoms with van der Waals surface area (Å²) in [6.45, 7) is 0.722. The second kappa shape index (κ2) is 10.5. The highest BCUT2D eigenvalue weighted by molar-refractivity contribution is 6.28. The standard InChI is InChI=1S/C27H16ClN3O.C2H4BO2/c28-27-30-25(19-15-13-18(14-16-19)17-7-2-1-3-8-17)29-26(31-27)21-10-6-12-23-24(21)20-9-4-5-11-22(20)32-23;1-2-4-5-3-1/h1-16H;1-2H2. The van der Waals surface area contributed by atoms with E-state index in [1.165, 1.54) is 0 Å². The summed E-state index contributed by atoms with van der Waals surface area (Å²) in [5, 5.41) is 2.14. The van der Waals surface area contributed by atoms with E-state index in [4.69, 9.17) is 21.0 Å². The van der Waals surface area contributed by atoms with Gasteiger partial charge in [-0.2, -0.15) is 9.97 Å². The van der Waals surface area contributed by atoms with Crippen molar-refractivity contribution >= 4 is 41.0 Å². The van der Waals surface area contributed by atoms with Crippen LogP contribution in [-0.2, 0) is 9.69 Å². The number of hydrogen-bond acceptors (Lipinski definition) is 6. The lowest BCUT2D eigenvalue weighted by atomic mass is 9.99. The topological polar surface area (TPSA) is 70.3 Å². The molecular formula is C29H20BClN3O3. The van der Waals surface area contributed by atoms with Crippen LogP contribution in [0.4, 0.5) is 0 Å². The third-order valence-corrected chi connectivity index (χ3v) is 6.13. The average Bonchev–Trinajstić information content (AvgIpc) is 3.65. The van der Waals surface area contributed by atoms with Crippen LogP contribution in [0.5, 0.6) is 0 Å². The van der Waals surface area contributed by atoms with Gasteiger partial charge in [-0.05, 0) is 41.2 Å². The highest BCUT2D eigenvalue weighted by Crippen LogP contribution is 2.36. The van der Waals surface area contributed by atoms with Crippen molar-refractivity contribution in [2.75, 3.05) is 6.61 Å². The molecule has 7 rings (SSSR count). The molecule has 6 nitrogen and oxygen atoms in total. The van der Waals surface area contributed by atoms with Gasteiger partial charge in [0.25, 0.3) is 0 Å². The van der Waals surface area contributed by atoms with E-state index >= 15 is 0 Å². The largest absolute Gasteiger partial charge is 0.456 e. The fourth-order valence-electron chi connectivity index (χ4n) is 4.24. The average molecular weight is 505 g/mol. The van der Waals surface area contributed by atoms with Crippen LogP contribution < -0.4 is 0 Å². The maximum absolute atomic E-state index is 6.33. The molecule has 0 N–H and O–H groups in total. The predicted molar refractivity (Wildman–Crippen MR) is 146 cm³/mol. The zero-order chi connectivity index (χ0) is 25.0. The maximum Gasteiger partial charge on any atom is 0.346 e. The van der Waals surface area contributed by atoms with Crippen LogP contribution in [0.3, 0.4) is 0 Å². The van der Waals surface area contributed by atoms with Crippen molar-refractivity contribution in [3.8, 4) is 33.9 Å². The Labute approximate surface area is 219 Å². The van der Waals surface area contributed by atoms with Crippen molar-refractivity contribution in [1.29, 1.82) is 0 Å². The Morgan fingerprint density at radius 2 is 1.35 bits per heavy atom. The van der Waals surface area contributed by atoms with Crippen molar-refractivity contribution in [3.63, 3.8) is 0 Å². The molecule has 1 fully saturated rings. The van der Waals surface area contributed by atoms with Gasteiger partial charge in [-0.3, -0.25) is 4.89 Å². The molecule has 0 amide bonds. The van der Waals surface area contributed by atoms with Crippen molar-refractivity contribution in [3.05, 3.63) is 102 Å². The van der Waals surface area contributed by atoms with Crippen molar-refractivity contribution in [2.45, 2.75) is 6.32 Å². The zero-order valence-electron chi connectivity index (χ0n) is 19.7. The molecule has 1 aliphatic rings. The van der Waals surface area contributed by atoms with Crippen LogP contribution in [0.2, 0.25) is 11.6 Å². The summed E-state index contributed by atoms with van der Waals surface area (Å²) in [5.74, 6) is 1.05. The zero-order valence-corrected chi connectivity index (χ0v) is 20.4. The minimum Gasteiger partial charge on any atom is -0.456 e. The summed E-state index contributed by atoms with van der Waals surface area (Å²) < 4.78 is 6.01. The van der Waals surface area contributed by atoms with Gasteiger partial charge < -0.3 is 9.22 Å². The van der Waals surface area contributed by atoms with E-state index in [2.05, 4.69) is 43.9 Å². The molecular weight excluding hydrogens is 485 g/mol. The molecule has 2 aromatic heterocycles. The Morgan fingerprint density at radius 1 is 0.649 bits per heavy atom. The Kier molecular flexibility index (Phi) is 6.65. The second-order valence-electron chi connectivity index (χ2n) is 8.35. The first kappa shape index (κ1) is 23.4. The Bertz CT molecular complexity index is 1660. The van der Waals surface area contributed by atoms with E-state index in [9.17, 15) is 0 Å². The summed E-state index contributed by atoms with van der Waals surface area (Å²) >= 11 is 6.33. The van der Waals surface area contributed by atoms with Gasteiger partial charge in [0.1, 0.15) is 11.2 Å². The third-order valence-electron chi connectivity index (χ3n) is 5.96. The fraction of sp³-hybridized carbons (Fsp3) is 0.0690. The first-order valence-corrected chi connectivity index (χ1v) is 12.2. The van der Waals surface area contributed by atoms with Gasteiger partial charge in [0.15, 0.2) is 11.6 Å². The molecule has 1 aliphatic heterocycles. The first-order valence-electron chi connectivity index (χ1n) is 11.8. The highest BCUT2D eigenvalue weighted by Gasteiger charge is 2.16. The molecule has 0 spiro atoms. The number of benzene rings is 4. The molecule has 0 saturated carbocycles. The van der Waals surface area contributed by atoms with E-state index < -0.39 is 0 Å². The van der Waals surface area contributed by atoms with Crippen molar-refractivity contribution in [2.24, 2.45) is 0 Å². The number of fused-ring (bicyclic) bond motifs is 3. The molecule has 1 saturated heterocycles. The predicted octanol–water partition coefficient (Wildman–Crippen LogP) is 7.41. The number of para-hydroxylation sites is 1. The number of hydrogen-bond donors (Lipinski definition) is 0. The molecule has 37 heavy (non-hydrogen) atoms. The number of rotatable bonds is 3. The summed E-state index contributed by atoms with van der Waals surface area (Å²) in [4.78, 5) is 22.3. The smallest absolute Gasteiger partial charge is 0.346 e. The van der Waals surface area contributed by atoms with E-state index in [-0.39, 0.29) is 5.28 Å². The summed E-state index contributed by atoms with van der Waals surface area (Å²) in [6.07, 6.45) is 0.931. The molecule has 0 bridgehead atoms. The van der Waals surface area contributed by atoms with Gasteiger partial charge in [0.05, 0.1) is 6.61 Å². The summed E-state index contributed by atoms with van der Waals surface area (Å²) in [6, 6.07) is 32.2. The van der Waals surface area contributed by atoms with Gasteiger partial charge in [-0.25, -0.2) is 4.98 Å². The molecule has 1 radical (unpaired) electrons. The molecule has 179 valence electrons. The van der Waals surface area contributed by atoms with E-state index in [1.54, 1.807) is 7.48 Å². The minimum absolute atomic E-state index is 0.155. The van der Waals surface area contributed by atoms with Gasteiger partial charge in [-0.15, -0.1) is 0 Å². The van der Waals surface area contributed by atoms with E-state index in [0.717, 1.165) is 57.1 Å². The third kappa shape index (κ3) is 4.97. The normalized spacial score (nSPS) is 12.8. The quantitative estimate of drug-likeness (QED) is 0.185. The lowest BCUT2D eigenvalue weighted by Crippen LogP contribution is -1.97. The van der Waals surface area contributed by atoms with Gasteiger partial charge in [0, 0.05) is 21.9 Å². The Hall–Kier alpha value is -4.04. The lowest BCUT2D eigenvalue weighted by molar-refractivity contribution is -0.181. The van der Waals surface area contributed by atoms with Crippen LogP contribution in [-0.4, -0.2) is 29.0 Å². The Morgan fingerprint density at radius 3 is 2.11 bits per heavy atom. The number of halogens is 1. The number of nitrogens with zero attached hydrogens (tertiary/aromatic N) is 3. The van der Waals surface area contributed by atoms with Crippen molar-refractivity contribution in [1.82, 2.24) is 15.0 Å². The molecule has 0 atom stereocenters. The van der Waals surface area contributed by atoms with Gasteiger partial charge in [0.2, 0.25) is 5.28 Å². The van der Waals surface area contributed by atoms with Gasteiger partial charge in [-0.1, -0.05) is 84.9 Å². The molecule has 3 heterocycles. The fourth-order valence-corrected chi connectivity index (χ4v) is 4.40. The maximum atomic E-state index is 6.33. The van der Waals surface area contributed by atoms with Crippen LogP contribution in [0.25, 0.3) is 55.8 Å². The molecule has 0 aliphatic carbocycles. The van der Waals surface area contributed by atoms with Crippen LogP contribution in [0.1, 0.15) is 0 Å². The monoisotopic (exact) mass is 504 g/mol.